The summed E-state index contributed by atoms with van der Waals surface area (Å²) in [5.74, 6) is -0.423. The van der Waals surface area contributed by atoms with E-state index in [0.717, 1.165) is 27.5 Å². The summed E-state index contributed by atoms with van der Waals surface area (Å²) in [6, 6.07) is 53.5. The van der Waals surface area contributed by atoms with Gasteiger partial charge in [0.2, 0.25) is 0 Å². The van der Waals surface area contributed by atoms with Gasteiger partial charge in [-0.15, -0.1) is 0 Å². The number of aromatic nitrogens is 2. The number of nitrogens with two attached hydrogens (primary N) is 1. The number of halogens is 2. The summed E-state index contributed by atoms with van der Waals surface area (Å²) >= 11 is 0. The Kier molecular flexibility index (Phi) is 14.1. The molecule has 0 saturated carbocycles. The smallest absolute Gasteiger partial charge is 0.351 e. The second-order valence-corrected chi connectivity index (χ2v) is 23.7. The molecule has 8 rings (SSSR count). The normalized spacial score (nSPS) is 18.8. The van der Waals surface area contributed by atoms with Crippen molar-refractivity contribution in [2.75, 3.05) is 33.2 Å². The third-order valence-electron chi connectivity index (χ3n) is 13.7. The molecular formula is C56H59F2N3O7Si. The molecule has 0 bridgehead atoms. The van der Waals surface area contributed by atoms with E-state index in [-0.39, 0.29) is 18.3 Å². The van der Waals surface area contributed by atoms with Gasteiger partial charge in [0.15, 0.2) is 32.4 Å². The Bertz CT molecular complexity index is 2770. The predicted octanol–water partition coefficient (Wildman–Crippen LogP) is 11.0. The van der Waals surface area contributed by atoms with E-state index in [2.05, 4.69) is 38.8 Å². The Labute approximate surface area is 403 Å². The Morgan fingerprint density at radius 3 is 1.48 bits per heavy atom. The van der Waals surface area contributed by atoms with Crippen molar-refractivity contribution in [3.63, 3.8) is 0 Å². The van der Waals surface area contributed by atoms with Gasteiger partial charge >= 0.3 is 5.69 Å². The minimum absolute atomic E-state index is 0.269. The molecule has 1 fully saturated rings. The maximum absolute atomic E-state index is 18.8. The first-order valence-corrected chi connectivity index (χ1v) is 25.8. The fourth-order valence-electron chi connectivity index (χ4n) is 8.85. The molecule has 0 aliphatic carbocycles. The van der Waals surface area contributed by atoms with Gasteiger partial charge in [-0.25, -0.2) is 13.6 Å². The van der Waals surface area contributed by atoms with Crippen LogP contribution in [0.25, 0.3) is 0 Å². The lowest BCUT2D eigenvalue weighted by Crippen LogP contribution is -2.58. The number of alkyl halides is 1. The average Bonchev–Trinajstić information content (AvgIpc) is 3.64. The van der Waals surface area contributed by atoms with Crippen LogP contribution in [0.5, 0.6) is 11.5 Å². The Morgan fingerprint density at radius 2 is 1.06 bits per heavy atom. The number of nitrogens with zero attached hydrogens (tertiary/aromatic N) is 2. The van der Waals surface area contributed by atoms with Gasteiger partial charge in [-0.1, -0.05) is 166 Å². The number of nitrogen functional groups attached to an aromatic ring is 1. The summed E-state index contributed by atoms with van der Waals surface area (Å²) in [6.07, 6.45) is -4.79. The number of hydrogen-bond acceptors (Lipinski definition) is 9. The van der Waals surface area contributed by atoms with Gasteiger partial charge in [0, 0.05) is 0 Å². The monoisotopic (exact) mass is 951 g/mol. The van der Waals surface area contributed by atoms with Gasteiger partial charge < -0.3 is 33.8 Å². The van der Waals surface area contributed by atoms with Crippen LogP contribution >= 0.6 is 0 Å². The first kappa shape index (κ1) is 49.0. The maximum atomic E-state index is 18.8. The van der Waals surface area contributed by atoms with Crippen molar-refractivity contribution in [2.45, 2.75) is 74.2 Å². The molecule has 1 aliphatic heterocycles. The molecular weight excluding hydrogens is 893 g/mol. The number of hydrogen-bond donors (Lipinski definition) is 1. The number of ether oxygens (including phenoxy) is 5. The SMILES string of the molecule is COc1ccc(C(OC[C@]2(CO[Si](C)(C)C(C)(C)C)O[C@@H](n3cc(F)c(N)nc3=O)[C@@H](F)[C@@H]2OC(c2ccccc2)(c2ccccc2)c2ccc(OC)cc2)(c2ccccc2)c2ccccc2)cc1. The highest BCUT2D eigenvalue weighted by Crippen LogP contribution is 2.52. The molecule has 0 amide bonds. The zero-order chi connectivity index (χ0) is 49.0. The lowest BCUT2D eigenvalue weighted by molar-refractivity contribution is -0.199. The van der Waals surface area contributed by atoms with Gasteiger partial charge in [0.1, 0.15) is 34.4 Å². The number of benzene rings is 6. The molecule has 10 nitrogen and oxygen atoms in total. The van der Waals surface area contributed by atoms with Crippen LogP contribution in [-0.2, 0) is 29.8 Å². The molecule has 0 unspecified atom stereocenters. The standard InChI is InChI=1S/C56H59F2N3O7Si/c1-53(2,3)69(6,7)66-38-54(37-65-55(39-20-12-8-13-21-39,40-22-14-9-15-23-40)43-28-32-45(63-4)33-29-43)49(48(58)51(68-54)61-36-47(57)50(59)60-52(61)62)67-56(41-24-16-10-17-25-41,42-26-18-11-19-27-42)44-30-34-46(64-5)35-31-44/h8-36,48-49,51H,37-38H2,1-7H3,(H2,59,60,62)/t48-,49-,51+,54+/m0/s1. The molecule has 7 aromatic rings. The molecule has 4 atom stereocenters. The predicted molar refractivity (Wildman–Crippen MR) is 266 cm³/mol. The average molecular weight is 952 g/mol. The third-order valence-corrected chi connectivity index (χ3v) is 18.2. The van der Waals surface area contributed by atoms with Crippen LogP contribution in [0.4, 0.5) is 14.6 Å². The number of methoxy groups -OCH3 is 2. The van der Waals surface area contributed by atoms with E-state index in [0.29, 0.717) is 28.2 Å². The second-order valence-electron chi connectivity index (χ2n) is 18.8. The molecule has 2 heterocycles. The van der Waals surface area contributed by atoms with E-state index in [1.54, 1.807) is 14.2 Å². The van der Waals surface area contributed by atoms with Crippen LogP contribution in [0.15, 0.2) is 181 Å². The van der Waals surface area contributed by atoms with Crippen molar-refractivity contribution in [3.8, 4) is 11.5 Å². The summed E-state index contributed by atoms with van der Waals surface area (Å²) in [6.45, 7) is 9.84. The molecule has 1 aliphatic rings. The second kappa shape index (κ2) is 19.9. The highest BCUT2D eigenvalue weighted by Gasteiger charge is 2.62. The van der Waals surface area contributed by atoms with Gasteiger partial charge in [0.05, 0.1) is 33.6 Å². The van der Waals surface area contributed by atoms with E-state index >= 15 is 8.78 Å². The van der Waals surface area contributed by atoms with Crippen LogP contribution in [0.2, 0.25) is 18.1 Å². The minimum Gasteiger partial charge on any atom is -0.497 e. The van der Waals surface area contributed by atoms with Crippen molar-refractivity contribution in [2.24, 2.45) is 0 Å². The molecule has 358 valence electrons. The molecule has 0 spiro atoms. The van der Waals surface area contributed by atoms with E-state index in [9.17, 15) is 4.79 Å². The van der Waals surface area contributed by atoms with E-state index in [4.69, 9.17) is 33.8 Å². The van der Waals surface area contributed by atoms with Crippen LogP contribution in [-0.4, -0.2) is 63.2 Å². The fourth-order valence-corrected chi connectivity index (χ4v) is 9.88. The fraction of sp³-hybridized carbons (Fsp3) is 0.286. The molecule has 0 radical (unpaired) electrons. The molecule has 13 heteroatoms. The van der Waals surface area contributed by atoms with Crippen LogP contribution in [0.1, 0.15) is 60.4 Å². The molecule has 1 aromatic heterocycles. The Morgan fingerprint density at radius 1 is 0.652 bits per heavy atom. The summed E-state index contributed by atoms with van der Waals surface area (Å²) in [4.78, 5) is 17.6. The summed E-state index contributed by atoms with van der Waals surface area (Å²) in [7, 11) is 0.450. The molecule has 2 N–H and O–H groups in total. The van der Waals surface area contributed by atoms with Crippen LogP contribution in [0, 0.1) is 5.82 Å². The summed E-state index contributed by atoms with van der Waals surface area (Å²) in [5, 5.41) is -0.318. The van der Waals surface area contributed by atoms with Crippen molar-refractivity contribution in [1.82, 2.24) is 9.55 Å². The van der Waals surface area contributed by atoms with Crippen molar-refractivity contribution >= 4 is 14.1 Å². The van der Waals surface area contributed by atoms with Gasteiger partial charge in [-0.2, -0.15) is 4.98 Å². The van der Waals surface area contributed by atoms with Crippen molar-refractivity contribution in [1.29, 1.82) is 0 Å². The highest BCUT2D eigenvalue weighted by atomic mass is 28.4. The van der Waals surface area contributed by atoms with Crippen molar-refractivity contribution in [3.05, 3.63) is 226 Å². The van der Waals surface area contributed by atoms with Gasteiger partial charge in [-0.3, -0.25) is 4.57 Å². The highest BCUT2D eigenvalue weighted by molar-refractivity contribution is 6.74. The van der Waals surface area contributed by atoms with Gasteiger partial charge in [-0.05, 0) is 75.8 Å². The maximum Gasteiger partial charge on any atom is 0.351 e. The first-order chi connectivity index (χ1) is 33.1. The Hall–Kier alpha value is -6.48. The molecule has 69 heavy (non-hydrogen) atoms. The zero-order valence-corrected chi connectivity index (χ0v) is 41.0. The van der Waals surface area contributed by atoms with Crippen LogP contribution < -0.4 is 20.9 Å². The third kappa shape index (κ3) is 9.37. The summed E-state index contributed by atoms with van der Waals surface area (Å²) < 4.78 is 76.0. The van der Waals surface area contributed by atoms with Crippen LogP contribution in [0.3, 0.4) is 0 Å². The summed E-state index contributed by atoms with van der Waals surface area (Å²) in [5.41, 5.74) is 4.14. The molecule has 6 aromatic carbocycles. The van der Waals surface area contributed by atoms with E-state index in [1.807, 2.05) is 170 Å². The topological polar surface area (TPSA) is 116 Å². The van der Waals surface area contributed by atoms with E-state index in [1.165, 1.54) is 0 Å². The minimum atomic E-state index is -2.74. The van der Waals surface area contributed by atoms with E-state index < -0.39 is 60.9 Å². The first-order valence-electron chi connectivity index (χ1n) is 22.9. The van der Waals surface area contributed by atoms with Crippen molar-refractivity contribution < 1.29 is 36.9 Å². The Balaban J connectivity index is 1.42. The quantitative estimate of drug-likeness (QED) is 0.0703. The number of anilines is 1. The lowest BCUT2D eigenvalue weighted by Gasteiger charge is -2.46. The molecule has 1 saturated heterocycles. The van der Waals surface area contributed by atoms with Gasteiger partial charge in [0.25, 0.3) is 0 Å². The largest absolute Gasteiger partial charge is 0.497 e. The number of rotatable bonds is 17. The zero-order valence-electron chi connectivity index (χ0n) is 40.0. The lowest BCUT2D eigenvalue weighted by atomic mass is 9.79.